The number of nitro groups is 1. The fraction of sp³-hybridized carbons (Fsp3) is 0.0417. The molecule has 0 saturated heterocycles. The van der Waals surface area contributed by atoms with Gasteiger partial charge in [-0.2, -0.15) is 5.26 Å². The molecule has 1 N–H and O–H groups in total. The van der Waals surface area contributed by atoms with Crippen LogP contribution in [0.15, 0.2) is 82.8 Å². The summed E-state index contributed by atoms with van der Waals surface area (Å²) in [5.74, 6) is -1.40. The van der Waals surface area contributed by atoms with E-state index in [1.165, 1.54) is 23.9 Å². The number of rotatable bonds is 7. The molecule has 0 amide bonds. The third-order valence-corrected chi connectivity index (χ3v) is 6.12. The number of nitro benzene ring substituents is 1. The van der Waals surface area contributed by atoms with Crippen LogP contribution in [-0.4, -0.2) is 15.9 Å². The Labute approximate surface area is 221 Å². The first kappa shape index (κ1) is 25.2. The van der Waals surface area contributed by atoms with Crippen LogP contribution in [0.4, 0.5) is 17.1 Å². The number of hydrogen-bond donors (Lipinski definition) is 1. The Hall–Kier alpha value is -3.42. The summed E-state index contributed by atoms with van der Waals surface area (Å²) in [5, 5.41) is 37.1. The van der Waals surface area contributed by atoms with Gasteiger partial charge >= 0.3 is 29.6 Å². The van der Waals surface area contributed by atoms with Gasteiger partial charge in [-0.3, -0.25) is 15.1 Å². The number of aliphatic carboxylic acids is 1. The van der Waals surface area contributed by atoms with Crippen LogP contribution in [0.5, 0.6) is 0 Å². The summed E-state index contributed by atoms with van der Waals surface area (Å²) in [6.07, 6.45) is 2.62. The first-order valence-electron chi connectivity index (χ1n) is 9.75. The minimum absolute atomic E-state index is 0. The molecule has 0 spiro atoms. The van der Waals surface area contributed by atoms with E-state index in [9.17, 15) is 25.3 Å². The van der Waals surface area contributed by atoms with E-state index >= 15 is 0 Å². The van der Waals surface area contributed by atoms with Gasteiger partial charge in [0.25, 0.3) is 5.69 Å². The number of nitrogens with zero attached hydrogens (tertiary/aromatic N) is 3. The van der Waals surface area contributed by atoms with Gasteiger partial charge in [0.2, 0.25) is 0 Å². The molecular formula is C24H15N4NaO4S. The summed E-state index contributed by atoms with van der Waals surface area (Å²) < 4.78 is 0. The van der Waals surface area contributed by atoms with Crippen LogP contribution in [0.25, 0.3) is 10.8 Å². The molecule has 1 aromatic heterocycles. The molecule has 3 aromatic carbocycles. The van der Waals surface area contributed by atoms with Crippen molar-refractivity contribution in [2.45, 2.75) is 16.2 Å². The Kier molecular flexibility index (Phi) is 8.26. The topological polar surface area (TPSA) is 132 Å². The molecule has 0 aliphatic heterocycles. The Morgan fingerprint density at radius 1 is 1.03 bits per heavy atom. The molecule has 10 heteroatoms. The first-order valence-corrected chi connectivity index (χ1v) is 10.6. The third-order valence-electron chi connectivity index (χ3n) is 4.94. The summed E-state index contributed by atoms with van der Waals surface area (Å²) in [6, 6.07) is 19.4. The van der Waals surface area contributed by atoms with Crippen LogP contribution in [0.2, 0.25) is 0 Å². The number of carbonyl (C=O) groups excluding carboxylic acids is 1. The van der Waals surface area contributed by atoms with Gasteiger partial charge in [-0.15, -0.1) is 0 Å². The average molecular weight is 478 g/mol. The number of pyridine rings is 1. The van der Waals surface area contributed by atoms with Crippen molar-refractivity contribution in [3.63, 3.8) is 0 Å². The molecular weight excluding hydrogens is 463 g/mol. The summed E-state index contributed by atoms with van der Waals surface area (Å²) in [4.78, 5) is 27.4. The van der Waals surface area contributed by atoms with E-state index in [1.807, 2.05) is 24.3 Å². The largest absolute Gasteiger partial charge is 1.00 e. The smallest absolute Gasteiger partial charge is 0.550 e. The number of benzene rings is 3. The number of carboxylic acid groups (broad SMARTS) is 1. The van der Waals surface area contributed by atoms with Crippen molar-refractivity contribution in [3.8, 4) is 6.07 Å². The molecule has 0 unspecified atom stereocenters. The molecule has 0 radical (unpaired) electrons. The quantitative estimate of drug-likeness (QED) is 0.238. The predicted molar refractivity (Wildman–Crippen MR) is 122 cm³/mol. The monoisotopic (exact) mass is 478 g/mol. The molecule has 0 bridgehead atoms. The van der Waals surface area contributed by atoms with Crippen LogP contribution in [-0.2, 0) is 11.2 Å². The van der Waals surface area contributed by atoms with Gasteiger partial charge in [0.15, 0.2) is 0 Å². The van der Waals surface area contributed by atoms with Gasteiger partial charge in [-0.05, 0) is 24.3 Å². The van der Waals surface area contributed by atoms with Crippen molar-refractivity contribution in [2.24, 2.45) is 0 Å². The summed E-state index contributed by atoms with van der Waals surface area (Å²) in [7, 11) is 0. The summed E-state index contributed by atoms with van der Waals surface area (Å²) >= 11 is 1.20. The Bertz CT molecular complexity index is 1440. The van der Waals surface area contributed by atoms with Crippen LogP contribution in [0.1, 0.15) is 11.1 Å². The maximum atomic E-state index is 11.4. The maximum absolute atomic E-state index is 11.4. The SMILES string of the molecule is N#Cc1ccc(Nc2cnccc2Sc2cccc([N+](=O)[O-])c2CC(=O)[O-])c2ccccc12.[Na+]. The zero-order chi connectivity index (χ0) is 23.4. The molecule has 34 heavy (non-hydrogen) atoms. The van der Waals surface area contributed by atoms with Gasteiger partial charge in [0.05, 0.1) is 28.4 Å². The van der Waals surface area contributed by atoms with Gasteiger partial charge in [-0.25, -0.2) is 0 Å². The normalized spacial score (nSPS) is 10.2. The molecule has 0 aliphatic rings. The standard InChI is InChI=1S/C24H16N4O4S.Na/c25-13-15-8-9-19(17-5-2-1-4-16(15)17)27-20-14-26-11-10-23(20)33-22-7-3-6-21(28(31)32)18(22)12-24(29)30;/h1-11,14,27H,12H2,(H,29,30);/q;+1/p-1. The summed E-state index contributed by atoms with van der Waals surface area (Å²) in [5.41, 5.74) is 1.75. The number of nitriles is 1. The number of carboxylic acids is 1. The minimum atomic E-state index is -1.40. The van der Waals surface area contributed by atoms with Gasteiger partial charge < -0.3 is 15.2 Å². The molecule has 0 aliphatic carbocycles. The van der Waals surface area contributed by atoms with E-state index < -0.39 is 17.3 Å². The molecule has 8 nitrogen and oxygen atoms in total. The Morgan fingerprint density at radius 2 is 1.79 bits per heavy atom. The fourth-order valence-corrected chi connectivity index (χ4v) is 4.50. The number of carbonyl (C=O) groups is 1. The Morgan fingerprint density at radius 3 is 2.50 bits per heavy atom. The second-order valence-corrected chi connectivity index (χ2v) is 8.06. The maximum Gasteiger partial charge on any atom is 1.00 e. The van der Waals surface area contributed by atoms with Crippen LogP contribution < -0.4 is 40.0 Å². The van der Waals surface area contributed by atoms with Crippen molar-refractivity contribution in [3.05, 3.63) is 94.3 Å². The van der Waals surface area contributed by atoms with Crippen LogP contribution >= 0.6 is 11.8 Å². The molecule has 162 valence electrons. The zero-order valence-electron chi connectivity index (χ0n) is 18.0. The molecule has 0 saturated carbocycles. The number of fused-ring (bicyclic) bond motifs is 1. The van der Waals surface area contributed by atoms with E-state index in [0.717, 1.165) is 16.5 Å². The van der Waals surface area contributed by atoms with Crippen LogP contribution in [0, 0.1) is 21.4 Å². The van der Waals surface area contributed by atoms with Crippen molar-refractivity contribution >= 4 is 45.6 Å². The van der Waals surface area contributed by atoms with Crippen molar-refractivity contribution in [1.82, 2.24) is 4.98 Å². The van der Waals surface area contributed by atoms with Crippen molar-refractivity contribution in [2.75, 3.05) is 5.32 Å². The number of hydrogen-bond acceptors (Lipinski definition) is 8. The third kappa shape index (κ3) is 5.38. The van der Waals surface area contributed by atoms with Gasteiger partial charge in [0, 0.05) is 56.5 Å². The average Bonchev–Trinajstić information content (AvgIpc) is 2.81. The second kappa shape index (κ2) is 11.1. The predicted octanol–water partition coefficient (Wildman–Crippen LogP) is 1.21. The number of aromatic nitrogens is 1. The molecule has 0 atom stereocenters. The van der Waals surface area contributed by atoms with Crippen molar-refractivity contribution in [1.29, 1.82) is 5.26 Å². The van der Waals surface area contributed by atoms with E-state index in [1.54, 1.807) is 36.7 Å². The number of anilines is 2. The van der Waals surface area contributed by atoms with Gasteiger partial charge in [0.1, 0.15) is 0 Å². The van der Waals surface area contributed by atoms with E-state index in [4.69, 9.17) is 0 Å². The molecule has 1 heterocycles. The van der Waals surface area contributed by atoms with Crippen LogP contribution in [0.3, 0.4) is 0 Å². The summed E-state index contributed by atoms with van der Waals surface area (Å²) in [6.45, 7) is 0. The molecule has 4 aromatic rings. The second-order valence-electron chi connectivity index (χ2n) is 6.98. The first-order chi connectivity index (χ1) is 16.0. The zero-order valence-corrected chi connectivity index (χ0v) is 20.8. The van der Waals surface area contributed by atoms with Gasteiger partial charge in [-0.1, -0.05) is 42.1 Å². The van der Waals surface area contributed by atoms with E-state index in [0.29, 0.717) is 21.0 Å². The van der Waals surface area contributed by atoms with Crippen molar-refractivity contribution < 1.29 is 44.4 Å². The Balaban J connectivity index is 0.00000324. The number of nitrogens with one attached hydrogen (secondary N) is 1. The fourth-order valence-electron chi connectivity index (χ4n) is 3.48. The molecule has 4 rings (SSSR count). The minimum Gasteiger partial charge on any atom is -0.550 e. The van der Waals surface area contributed by atoms with E-state index in [-0.39, 0.29) is 40.8 Å². The molecule has 0 fully saturated rings. The van der Waals surface area contributed by atoms with E-state index in [2.05, 4.69) is 16.4 Å².